The summed E-state index contributed by atoms with van der Waals surface area (Å²) in [5.74, 6) is -0.556. The van der Waals surface area contributed by atoms with Crippen LogP contribution in [0.15, 0.2) is 82.1 Å². The second-order valence-electron chi connectivity index (χ2n) is 6.52. The Hall–Kier alpha value is -3.45. The molecule has 0 aliphatic heterocycles. The Bertz CT molecular complexity index is 1310. The molecule has 0 aliphatic rings. The highest BCUT2D eigenvalue weighted by Gasteiger charge is 2.22. The molecule has 146 valence electrons. The average molecular weight is 409 g/mol. The quantitative estimate of drug-likeness (QED) is 0.475. The van der Waals surface area contributed by atoms with Crippen LogP contribution >= 0.6 is 0 Å². The van der Waals surface area contributed by atoms with Crippen LogP contribution in [0.3, 0.4) is 0 Å². The molecule has 7 heteroatoms. The highest BCUT2D eigenvalue weighted by Crippen LogP contribution is 2.30. The summed E-state index contributed by atoms with van der Waals surface area (Å²) in [5.41, 5.74) is 1.71. The molecule has 3 aromatic carbocycles. The van der Waals surface area contributed by atoms with Crippen molar-refractivity contribution >= 4 is 32.5 Å². The predicted molar refractivity (Wildman–Crippen MR) is 108 cm³/mol. The Morgan fingerprint density at radius 1 is 0.966 bits per heavy atom. The zero-order chi connectivity index (χ0) is 20.6. The molecule has 0 unspecified atom stereocenters. The number of benzene rings is 3. The number of aryl methyl sites for hydroxylation is 1. The van der Waals surface area contributed by atoms with Gasteiger partial charge in [-0.15, -0.1) is 0 Å². The van der Waals surface area contributed by atoms with Gasteiger partial charge in [0.15, 0.2) is 5.76 Å². The summed E-state index contributed by atoms with van der Waals surface area (Å²) < 4.78 is 46.6. The Kier molecular flexibility index (Phi) is 4.68. The van der Waals surface area contributed by atoms with Crippen molar-refractivity contribution in [2.45, 2.75) is 11.8 Å². The van der Waals surface area contributed by atoms with E-state index < -0.39 is 15.8 Å². The van der Waals surface area contributed by atoms with Crippen molar-refractivity contribution in [1.29, 1.82) is 0 Å². The van der Waals surface area contributed by atoms with E-state index in [1.54, 1.807) is 31.2 Å². The van der Waals surface area contributed by atoms with Crippen LogP contribution in [-0.2, 0) is 10.0 Å². The van der Waals surface area contributed by atoms with Crippen molar-refractivity contribution in [3.63, 3.8) is 0 Å². The second-order valence-corrected chi connectivity index (χ2v) is 8.20. The Labute approximate surface area is 166 Å². The van der Waals surface area contributed by atoms with Crippen LogP contribution in [0, 0.1) is 12.7 Å². The monoisotopic (exact) mass is 409 g/mol. The van der Waals surface area contributed by atoms with Gasteiger partial charge in [-0.1, -0.05) is 30.3 Å². The summed E-state index contributed by atoms with van der Waals surface area (Å²) in [4.78, 5) is 12.7. The third-order valence-electron chi connectivity index (χ3n) is 4.56. The second kappa shape index (κ2) is 7.18. The SMILES string of the molecule is Cc1c(C(=O)c2ccccc2)oc2ccc(S(=O)(=O)Nc3ccc(F)cc3)cc12. The van der Waals surface area contributed by atoms with Gasteiger partial charge in [0.05, 0.1) is 4.90 Å². The lowest BCUT2D eigenvalue weighted by Gasteiger charge is -2.08. The van der Waals surface area contributed by atoms with Gasteiger partial charge in [0.25, 0.3) is 10.0 Å². The Morgan fingerprint density at radius 2 is 1.66 bits per heavy atom. The number of halogens is 1. The van der Waals surface area contributed by atoms with Gasteiger partial charge in [0.2, 0.25) is 5.78 Å². The average Bonchev–Trinajstić information content (AvgIpc) is 3.06. The minimum absolute atomic E-state index is 0.0111. The summed E-state index contributed by atoms with van der Waals surface area (Å²) in [7, 11) is -3.90. The van der Waals surface area contributed by atoms with Crippen molar-refractivity contribution < 1.29 is 22.0 Å². The van der Waals surface area contributed by atoms with Crippen LogP contribution in [-0.4, -0.2) is 14.2 Å². The van der Waals surface area contributed by atoms with Crippen LogP contribution in [0.2, 0.25) is 0 Å². The van der Waals surface area contributed by atoms with Crippen LogP contribution < -0.4 is 4.72 Å². The van der Waals surface area contributed by atoms with Gasteiger partial charge in [0.1, 0.15) is 11.4 Å². The van der Waals surface area contributed by atoms with Crippen molar-refractivity contribution in [1.82, 2.24) is 0 Å². The zero-order valence-corrected chi connectivity index (χ0v) is 16.2. The summed E-state index contributed by atoms with van der Waals surface area (Å²) in [6.45, 7) is 1.71. The van der Waals surface area contributed by atoms with Gasteiger partial charge >= 0.3 is 0 Å². The number of ketones is 1. The first-order chi connectivity index (χ1) is 13.8. The molecular weight excluding hydrogens is 393 g/mol. The standard InChI is InChI=1S/C22H16FNO4S/c1-14-19-13-18(29(26,27)24-17-9-7-16(23)8-10-17)11-12-20(19)28-22(14)21(25)15-5-3-2-4-6-15/h2-13,24H,1H3. The van der Waals surface area contributed by atoms with E-state index in [1.165, 1.54) is 42.5 Å². The van der Waals surface area contributed by atoms with Crippen molar-refractivity contribution in [3.8, 4) is 0 Å². The van der Waals surface area contributed by atoms with E-state index in [0.29, 0.717) is 22.1 Å². The van der Waals surface area contributed by atoms with Crippen LogP contribution in [0.25, 0.3) is 11.0 Å². The molecule has 1 N–H and O–H groups in total. The number of fused-ring (bicyclic) bond motifs is 1. The highest BCUT2D eigenvalue weighted by molar-refractivity contribution is 7.92. The van der Waals surface area contributed by atoms with Crippen LogP contribution in [0.1, 0.15) is 21.7 Å². The molecule has 0 atom stereocenters. The van der Waals surface area contributed by atoms with Gasteiger partial charge < -0.3 is 4.42 Å². The van der Waals surface area contributed by atoms with Gasteiger partial charge in [-0.05, 0) is 49.4 Å². The smallest absolute Gasteiger partial charge is 0.261 e. The Balaban J connectivity index is 1.72. The maximum Gasteiger partial charge on any atom is 0.261 e. The van der Waals surface area contributed by atoms with Gasteiger partial charge in [-0.3, -0.25) is 9.52 Å². The van der Waals surface area contributed by atoms with E-state index in [2.05, 4.69) is 4.72 Å². The van der Waals surface area contributed by atoms with Crippen molar-refractivity contribution in [3.05, 3.63) is 95.5 Å². The molecule has 0 spiro atoms. The summed E-state index contributed by atoms with van der Waals surface area (Å²) >= 11 is 0. The van der Waals surface area contributed by atoms with E-state index >= 15 is 0 Å². The van der Waals surface area contributed by atoms with Crippen LogP contribution in [0.5, 0.6) is 0 Å². The van der Waals surface area contributed by atoms with E-state index in [4.69, 9.17) is 4.42 Å². The number of nitrogens with one attached hydrogen (secondary N) is 1. The molecule has 0 saturated carbocycles. The molecule has 29 heavy (non-hydrogen) atoms. The zero-order valence-electron chi connectivity index (χ0n) is 15.3. The largest absolute Gasteiger partial charge is 0.452 e. The van der Waals surface area contributed by atoms with Gasteiger partial charge in [-0.2, -0.15) is 0 Å². The Morgan fingerprint density at radius 3 is 2.34 bits per heavy atom. The first-order valence-electron chi connectivity index (χ1n) is 8.76. The number of hydrogen-bond acceptors (Lipinski definition) is 4. The van der Waals surface area contributed by atoms with Gasteiger partial charge in [0, 0.05) is 22.2 Å². The highest BCUT2D eigenvalue weighted by atomic mass is 32.2. The summed E-state index contributed by atoms with van der Waals surface area (Å²) in [5, 5.41) is 0.534. The molecule has 0 fully saturated rings. The summed E-state index contributed by atoms with van der Waals surface area (Å²) in [6, 6.07) is 18.1. The molecular formula is C22H16FNO4S. The number of rotatable bonds is 5. The molecule has 0 saturated heterocycles. The fraction of sp³-hybridized carbons (Fsp3) is 0.0455. The van der Waals surface area contributed by atoms with Crippen molar-refractivity contribution in [2.75, 3.05) is 4.72 Å². The number of hydrogen-bond donors (Lipinski definition) is 1. The van der Waals surface area contributed by atoms with Crippen LogP contribution in [0.4, 0.5) is 10.1 Å². The molecule has 0 bridgehead atoms. The molecule has 1 aromatic heterocycles. The molecule has 5 nitrogen and oxygen atoms in total. The minimum atomic E-state index is -3.90. The number of anilines is 1. The number of furan rings is 1. The van der Waals surface area contributed by atoms with E-state index in [-0.39, 0.29) is 22.1 Å². The normalized spacial score (nSPS) is 11.5. The molecule has 1 heterocycles. The fourth-order valence-electron chi connectivity index (χ4n) is 3.04. The first-order valence-corrected chi connectivity index (χ1v) is 10.2. The maximum atomic E-state index is 13.0. The lowest BCUT2D eigenvalue weighted by atomic mass is 10.1. The summed E-state index contributed by atoms with van der Waals surface area (Å²) in [6.07, 6.45) is 0. The lowest BCUT2D eigenvalue weighted by Crippen LogP contribution is -2.12. The van der Waals surface area contributed by atoms with E-state index in [0.717, 1.165) is 0 Å². The molecule has 0 amide bonds. The first kappa shape index (κ1) is 18.9. The van der Waals surface area contributed by atoms with E-state index in [9.17, 15) is 17.6 Å². The minimum Gasteiger partial charge on any atom is -0.452 e. The van der Waals surface area contributed by atoms with E-state index in [1.807, 2.05) is 6.07 Å². The fourth-order valence-corrected chi connectivity index (χ4v) is 4.12. The van der Waals surface area contributed by atoms with Gasteiger partial charge in [-0.25, -0.2) is 12.8 Å². The van der Waals surface area contributed by atoms with Crippen molar-refractivity contribution in [2.24, 2.45) is 0 Å². The number of carbonyl (C=O) groups is 1. The number of carbonyl (C=O) groups excluding carboxylic acids is 1. The topological polar surface area (TPSA) is 76.4 Å². The molecule has 4 rings (SSSR count). The third kappa shape index (κ3) is 3.64. The number of sulfonamides is 1. The lowest BCUT2D eigenvalue weighted by molar-refractivity contribution is 0.101. The third-order valence-corrected chi connectivity index (χ3v) is 5.94. The maximum absolute atomic E-state index is 13.0. The molecule has 0 aliphatic carbocycles. The predicted octanol–water partition coefficient (Wildman–Crippen LogP) is 4.91. The molecule has 0 radical (unpaired) electrons. The molecule has 4 aromatic rings.